The van der Waals surface area contributed by atoms with Gasteiger partial charge in [-0.05, 0) is 115 Å². The molecule has 1 N–H and O–H groups in total. The third-order valence-electron chi connectivity index (χ3n) is 11.8. The fourth-order valence-corrected chi connectivity index (χ4v) is 7.28. The number of halogens is 2. The summed E-state index contributed by atoms with van der Waals surface area (Å²) in [5, 5.41) is 12.0. The van der Waals surface area contributed by atoms with E-state index in [2.05, 4.69) is 45.1 Å². The average Bonchev–Trinajstić information content (AvgIpc) is 4.21. The number of fused-ring (bicyclic) bond motifs is 3. The summed E-state index contributed by atoms with van der Waals surface area (Å²) >= 11 is 11.7. The zero-order valence-corrected chi connectivity index (χ0v) is 46.0. The maximum absolute atomic E-state index is 12.0. The summed E-state index contributed by atoms with van der Waals surface area (Å²) in [5.41, 5.74) is 2.98. The Hall–Kier alpha value is -6.30. The normalized spacial score (nSPS) is 14.9. The highest BCUT2D eigenvalue weighted by Gasteiger charge is 2.52. The Balaban J connectivity index is 0.000000168. The molecule has 0 bridgehead atoms. The van der Waals surface area contributed by atoms with Crippen molar-refractivity contribution in [2.45, 2.75) is 134 Å². The van der Waals surface area contributed by atoms with Crippen molar-refractivity contribution in [3.8, 4) is 11.3 Å². The molecule has 24 heteroatoms. The standard InChI is InChI=1S/C19H25N5O3.C13H23BN2O3.C12H14ClN3O2.C6H4ClN3/c1-6-26-13(2)24-10-14(9-22-24)16-15-7-8-23(17(15)21-11-20-16)12-27-18(25)19(3,4)5;1-7-17-10(2)16-9-11(8-15-16)14-18-12(3,4)13(5,6)19-14;1-12(2,3)11(17)18-7-16-5-4-8-9(13)14-6-15-10(8)16;7-5-4-1-2-8-6(4)10-3-9-5/h7-11,13H,6,12H2,1-5H3;8-10H,7H2,1-6H3;4-6H,7H2,1-3H3;1-3H,(H,8,9,10). The number of rotatable bonds is 12. The molecule has 0 saturated carbocycles. The van der Waals surface area contributed by atoms with Crippen LogP contribution < -0.4 is 5.46 Å². The van der Waals surface area contributed by atoms with E-state index in [1.54, 1.807) is 49.4 Å². The molecule has 0 radical (unpaired) electrons. The van der Waals surface area contributed by atoms with Crippen LogP contribution in [0, 0.1) is 10.8 Å². The topological polar surface area (TPSA) is 228 Å². The third kappa shape index (κ3) is 13.9. The summed E-state index contributed by atoms with van der Waals surface area (Å²) in [6.45, 7) is 28.4. The van der Waals surface area contributed by atoms with Crippen molar-refractivity contribution in [1.29, 1.82) is 0 Å². The number of hydrogen-bond donors (Lipinski definition) is 1. The van der Waals surface area contributed by atoms with Gasteiger partial charge in [0.15, 0.2) is 13.5 Å². The number of aromatic nitrogens is 13. The van der Waals surface area contributed by atoms with E-state index >= 15 is 0 Å². The molecule has 1 aliphatic heterocycles. The van der Waals surface area contributed by atoms with E-state index in [0.717, 1.165) is 38.5 Å². The summed E-state index contributed by atoms with van der Waals surface area (Å²) in [6.07, 6.45) is 16.8. The molecule has 396 valence electrons. The van der Waals surface area contributed by atoms with Crippen molar-refractivity contribution >= 4 is 80.8 Å². The van der Waals surface area contributed by atoms with Crippen molar-refractivity contribution < 1.29 is 37.8 Å². The average molecular weight is 1060 g/mol. The lowest BCUT2D eigenvalue weighted by molar-refractivity contribution is -0.157. The zero-order chi connectivity index (χ0) is 54.2. The SMILES string of the molecule is CC(C)(C)C(=O)OCn1ccc2c(Cl)ncnc21.CCOC(C)n1cc(-c2ncnc3c2ccn3COC(=O)C(C)(C)C)cn1.CCOC(C)n1cc(B2OC(C)(C)C(C)(C)O2)cn1.Clc1ncnc2[nH]ccc12. The highest BCUT2D eigenvalue weighted by molar-refractivity contribution is 6.62. The highest BCUT2D eigenvalue weighted by Crippen LogP contribution is 2.36. The van der Waals surface area contributed by atoms with E-state index in [-0.39, 0.29) is 56.2 Å². The predicted octanol–water partition coefficient (Wildman–Crippen LogP) is 9.38. The van der Waals surface area contributed by atoms with Crippen LogP contribution in [0.4, 0.5) is 0 Å². The van der Waals surface area contributed by atoms with E-state index in [4.69, 9.17) is 51.5 Å². The molecule has 1 fully saturated rings. The maximum Gasteiger partial charge on any atom is 0.498 e. The number of ether oxygens (including phenoxy) is 4. The fraction of sp³-hybridized carbons (Fsp3) is 0.480. The van der Waals surface area contributed by atoms with Crippen LogP contribution >= 0.6 is 23.2 Å². The highest BCUT2D eigenvalue weighted by atomic mass is 35.5. The van der Waals surface area contributed by atoms with Gasteiger partial charge in [0.2, 0.25) is 0 Å². The number of carbonyl (C=O) groups is 2. The minimum absolute atomic E-state index is 0.0822. The van der Waals surface area contributed by atoms with Gasteiger partial charge in [0.1, 0.15) is 58.7 Å². The quantitative estimate of drug-likeness (QED) is 0.0682. The molecule has 0 spiro atoms. The van der Waals surface area contributed by atoms with E-state index in [0.29, 0.717) is 34.8 Å². The van der Waals surface area contributed by atoms with Crippen LogP contribution in [-0.4, -0.2) is 107 Å². The van der Waals surface area contributed by atoms with E-state index in [9.17, 15) is 9.59 Å². The number of esters is 2. The molecule has 21 nitrogen and oxygen atoms in total. The molecular formula is C50H66BCl2N13O8. The van der Waals surface area contributed by atoms with Crippen molar-refractivity contribution in [3.63, 3.8) is 0 Å². The first-order valence-electron chi connectivity index (χ1n) is 24.1. The van der Waals surface area contributed by atoms with Gasteiger partial charge in [-0.25, -0.2) is 39.3 Å². The van der Waals surface area contributed by atoms with Gasteiger partial charge in [0.05, 0.1) is 44.7 Å². The number of carbonyl (C=O) groups excluding carboxylic acids is 2. The molecule has 1 saturated heterocycles. The summed E-state index contributed by atoms with van der Waals surface area (Å²) in [5.74, 6) is -0.519. The first-order valence-corrected chi connectivity index (χ1v) is 24.8. The molecule has 2 atom stereocenters. The molecule has 0 aromatic carbocycles. The van der Waals surface area contributed by atoms with Crippen LogP contribution in [-0.2, 0) is 51.3 Å². The molecule has 2 unspecified atom stereocenters. The Kier molecular flexibility index (Phi) is 18.4. The Morgan fingerprint density at radius 3 is 1.70 bits per heavy atom. The van der Waals surface area contributed by atoms with Crippen LogP contribution in [0.2, 0.25) is 10.3 Å². The lowest BCUT2D eigenvalue weighted by Gasteiger charge is -2.32. The van der Waals surface area contributed by atoms with Crippen LogP contribution in [0.25, 0.3) is 44.4 Å². The van der Waals surface area contributed by atoms with Crippen LogP contribution in [0.3, 0.4) is 0 Å². The number of nitrogens with one attached hydrogen (secondary N) is 1. The van der Waals surface area contributed by atoms with E-state index in [1.165, 1.54) is 19.0 Å². The first kappa shape index (κ1) is 57.0. The summed E-state index contributed by atoms with van der Waals surface area (Å²) in [6, 6.07) is 5.55. The van der Waals surface area contributed by atoms with Gasteiger partial charge in [-0.3, -0.25) is 18.7 Å². The molecule has 1 aliphatic rings. The van der Waals surface area contributed by atoms with Crippen molar-refractivity contribution in [2.24, 2.45) is 10.8 Å². The number of H-pyrrole nitrogens is 1. The van der Waals surface area contributed by atoms with Gasteiger partial charge < -0.3 is 33.2 Å². The maximum atomic E-state index is 12.0. The minimum atomic E-state index is -0.547. The molecule has 0 amide bonds. The predicted molar refractivity (Wildman–Crippen MR) is 282 cm³/mol. The van der Waals surface area contributed by atoms with Crippen LogP contribution in [0.1, 0.15) is 109 Å². The van der Waals surface area contributed by atoms with Crippen LogP contribution in [0.15, 0.2) is 80.6 Å². The summed E-state index contributed by atoms with van der Waals surface area (Å²) in [7, 11) is -0.368. The van der Waals surface area contributed by atoms with Gasteiger partial charge in [0.25, 0.3) is 0 Å². The van der Waals surface area contributed by atoms with Gasteiger partial charge >= 0.3 is 19.1 Å². The summed E-state index contributed by atoms with van der Waals surface area (Å²) in [4.78, 5) is 51.1. The molecule has 9 rings (SSSR count). The van der Waals surface area contributed by atoms with E-state index in [1.807, 2.05) is 128 Å². The van der Waals surface area contributed by atoms with Crippen molar-refractivity contribution in [1.82, 2.24) is 63.6 Å². The van der Waals surface area contributed by atoms with Gasteiger partial charge in [0, 0.05) is 66.8 Å². The minimum Gasteiger partial charge on any atom is -0.443 e. The smallest absolute Gasteiger partial charge is 0.443 e. The second-order valence-electron chi connectivity index (χ2n) is 20.1. The Morgan fingerprint density at radius 1 is 0.676 bits per heavy atom. The largest absolute Gasteiger partial charge is 0.498 e. The second-order valence-corrected chi connectivity index (χ2v) is 20.8. The van der Waals surface area contributed by atoms with Gasteiger partial charge in [-0.2, -0.15) is 10.2 Å². The zero-order valence-electron chi connectivity index (χ0n) is 44.5. The second kappa shape index (κ2) is 23.9. The lowest BCUT2D eigenvalue weighted by Crippen LogP contribution is -2.41. The van der Waals surface area contributed by atoms with Crippen molar-refractivity contribution in [2.75, 3.05) is 13.2 Å². The number of hydrogen-bond acceptors (Lipinski definition) is 16. The first-order chi connectivity index (χ1) is 34.8. The molecule has 9 heterocycles. The molecule has 74 heavy (non-hydrogen) atoms. The molecule has 0 aliphatic carbocycles. The van der Waals surface area contributed by atoms with Gasteiger partial charge in [-0.15, -0.1) is 0 Å². The summed E-state index contributed by atoms with van der Waals surface area (Å²) < 4.78 is 40.7. The number of nitrogens with zero attached hydrogens (tertiary/aromatic N) is 12. The third-order valence-corrected chi connectivity index (χ3v) is 12.4. The molecule has 8 aromatic rings. The van der Waals surface area contributed by atoms with E-state index < -0.39 is 10.8 Å². The Morgan fingerprint density at radius 2 is 1.16 bits per heavy atom. The lowest BCUT2D eigenvalue weighted by atomic mass is 9.82. The van der Waals surface area contributed by atoms with Gasteiger partial charge in [-0.1, -0.05) is 23.2 Å². The molecular weight excluding hydrogens is 992 g/mol. The number of aromatic amines is 1. The fourth-order valence-electron chi connectivity index (χ4n) is 6.89. The monoisotopic (exact) mass is 1060 g/mol. The van der Waals surface area contributed by atoms with Crippen LogP contribution in [0.5, 0.6) is 0 Å². The van der Waals surface area contributed by atoms with Crippen molar-refractivity contribution in [3.05, 3.63) is 90.9 Å². The Labute approximate surface area is 440 Å². The molecule has 8 aromatic heterocycles. The Bertz CT molecular complexity index is 3120.